The highest BCUT2D eigenvalue weighted by atomic mass is 19.1. The summed E-state index contributed by atoms with van der Waals surface area (Å²) in [6.07, 6.45) is 6.49. The number of likely N-dealkylation sites (tertiary alicyclic amines) is 2. The molecule has 4 N–H and O–H groups in total. The molecule has 2 aliphatic heterocycles. The number of pyridine rings is 1. The molecule has 4 rings (SSSR count). The molecule has 1 aromatic heterocycles. The second kappa shape index (κ2) is 8.47. The highest BCUT2D eigenvalue weighted by molar-refractivity contribution is 5.98. The van der Waals surface area contributed by atoms with Crippen LogP contribution in [0.4, 0.5) is 10.2 Å². The molecule has 0 atom stereocenters. The van der Waals surface area contributed by atoms with Crippen LogP contribution in [0.25, 0.3) is 11.1 Å². The number of amides is 1. The number of rotatable bonds is 5. The number of halogens is 1. The summed E-state index contributed by atoms with van der Waals surface area (Å²) in [5, 5.41) is 0. The van der Waals surface area contributed by atoms with Gasteiger partial charge in [-0.1, -0.05) is 12.1 Å². The summed E-state index contributed by atoms with van der Waals surface area (Å²) in [5.74, 6) is -0.816. The Bertz CT molecular complexity index is 889. The first kappa shape index (κ1) is 19.8. The number of carbonyl (C=O) groups excluding carboxylic acids is 1. The van der Waals surface area contributed by atoms with Gasteiger partial charge in [0, 0.05) is 29.9 Å². The lowest BCUT2D eigenvalue weighted by atomic mass is 10.0. The van der Waals surface area contributed by atoms with Gasteiger partial charge in [0.1, 0.15) is 11.6 Å². The molecule has 0 radical (unpaired) electrons. The molecule has 6 nitrogen and oxygen atoms in total. The number of nitrogens with zero attached hydrogens (tertiary/aromatic N) is 3. The zero-order valence-corrected chi connectivity index (χ0v) is 16.6. The molecule has 3 heterocycles. The van der Waals surface area contributed by atoms with E-state index in [0.29, 0.717) is 29.3 Å². The molecule has 2 aromatic rings. The predicted octanol–water partition coefficient (Wildman–Crippen LogP) is 2.63. The van der Waals surface area contributed by atoms with Crippen LogP contribution in [0.2, 0.25) is 0 Å². The van der Waals surface area contributed by atoms with Gasteiger partial charge in [-0.15, -0.1) is 0 Å². The van der Waals surface area contributed by atoms with Gasteiger partial charge in [0.15, 0.2) is 0 Å². The zero-order valence-electron chi connectivity index (χ0n) is 16.6. The van der Waals surface area contributed by atoms with Crippen LogP contribution in [0, 0.1) is 5.82 Å². The highest BCUT2D eigenvalue weighted by Crippen LogP contribution is 2.26. The van der Waals surface area contributed by atoms with E-state index in [1.54, 1.807) is 6.07 Å². The molecule has 0 bridgehead atoms. The summed E-state index contributed by atoms with van der Waals surface area (Å²) in [6, 6.07) is 7.41. The van der Waals surface area contributed by atoms with Gasteiger partial charge < -0.3 is 16.4 Å². The van der Waals surface area contributed by atoms with Crippen molar-refractivity contribution in [1.82, 2.24) is 14.8 Å². The largest absolute Gasteiger partial charge is 0.383 e. The summed E-state index contributed by atoms with van der Waals surface area (Å²) < 4.78 is 14.8. The number of hydrogen-bond acceptors (Lipinski definition) is 5. The van der Waals surface area contributed by atoms with E-state index in [1.807, 2.05) is 12.1 Å². The van der Waals surface area contributed by atoms with Crippen molar-refractivity contribution in [3.63, 3.8) is 0 Å². The van der Waals surface area contributed by atoms with Crippen molar-refractivity contribution >= 4 is 11.7 Å². The molecule has 29 heavy (non-hydrogen) atoms. The van der Waals surface area contributed by atoms with E-state index in [9.17, 15) is 9.18 Å². The van der Waals surface area contributed by atoms with E-state index in [1.165, 1.54) is 38.2 Å². The van der Waals surface area contributed by atoms with Crippen molar-refractivity contribution in [2.75, 3.05) is 31.9 Å². The lowest BCUT2D eigenvalue weighted by molar-refractivity contribution is 0.100. The quantitative estimate of drug-likeness (QED) is 0.810. The standard InChI is InChI=1S/C22H28FN5O/c23-20-12-15(17-11-19(22(25)29)21(24)26-13-17)3-4-16(20)14-27-9-5-18(6-10-27)28-7-1-2-8-28/h3-4,11-13,18H,1-2,5-10,14H2,(H2,24,26)(H2,25,29). The summed E-state index contributed by atoms with van der Waals surface area (Å²) in [5.41, 5.74) is 13.1. The summed E-state index contributed by atoms with van der Waals surface area (Å²) in [7, 11) is 0. The van der Waals surface area contributed by atoms with E-state index in [-0.39, 0.29) is 17.2 Å². The van der Waals surface area contributed by atoms with Crippen LogP contribution >= 0.6 is 0 Å². The number of benzene rings is 1. The van der Waals surface area contributed by atoms with Gasteiger partial charge in [0.2, 0.25) is 0 Å². The Labute approximate surface area is 170 Å². The van der Waals surface area contributed by atoms with Gasteiger partial charge in [-0.05, 0) is 69.6 Å². The van der Waals surface area contributed by atoms with E-state index >= 15 is 0 Å². The van der Waals surface area contributed by atoms with Crippen LogP contribution in [0.5, 0.6) is 0 Å². The lowest BCUT2D eigenvalue weighted by Crippen LogP contribution is -2.43. The van der Waals surface area contributed by atoms with E-state index in [2.05, 4.69) is 14.8 Å². The molecule has 1 amide bonds. The summed E-state index contributed by atoms with van der Waals surface area (Å²) in [6.45, 7) is 5.10. The minimum atomic E-state index is -0.647. The van der Waals surface area contributed by atoms with E-state index in [0.717, 1.165) is 25.9 Å². The Morgan fingerprint density at radius 2 is 1.83 bits per heavy atom. The molecule has 2 aliphatic rings. The van der Waals surface area contributed by atoms with Crippen molar-refractivity contribution in [2.45, 2.75) is 38.3 Å². The van der Waals surface area contributed by atoms with Gasteiger partial charge in [-0.25, -0.2) is 9.37 Å². The second-order valence-electron chi connectivity index (χ2n) is 8.08. The Morgan fingerprint density at radius 3 is 2.48 bits per heavy atom. The minimum absolute atomic E-state index is 0.0793. The minimum Gasteiger partial charge on any atom is -0.383 e. The molecule has 2 fully saturated rings. The fourth-order valence-electron chi connectivity index (χ4n) is 4.48. The average molecular weight is 397 g/mol. The number of aromatic nitrogens is 1. The van der Waals surface area contributed by atoms with Crippen LogP contribution in [0.1, 0.15) is 41.6 Å². The third kappa shape index (κ3) is 4.41. The van der Waals surface area contributed by atoms with Crippen molar-refractivity contribution in [1.29, 1.82) is 0 Å². The number of hydrogen-bond donors (Lipinski definition) is 2. The van der Waals surface area contributed by atoms with E-state index in [4.69, 9.17) is 11.5 Å². The third-order valence-electron chi connectivity index (χ3n) is 6.18. The Hall–Kier alpha value is -2.51. The monoisotopic (exact) mass is 397 g/mol. The van der Waals surface area contributed by atoms with Crippen molar-refractivity contribution in [3.05, 3.63) is 47.4 Å². The third-order valence-corrected chi connectivity index (χ3v) is 6.18. The molecule has 0 spiro atoms. The Kier molecular flexibility index (Phi) is 5.78. The Morgan fingerprint density at radius 1 is 1.10 bits per heavy atom. The highest BCUT2D eigenvalue weighted by Gasteiger charge is 2.26. The number of primary amides is 1. The fourth-order valence-corrected chi connectivity index (χ4v) is 4.48. The SMILES string of the molecule is NC(=O)c1cc(-c2ccc(CN3CCC(N4CCCC4)CC3)c(F)c2)cnc1N. The first-order valence-electron chi connectivity index (χ1n) is 10.3. The van der Waals surface area contributed by atoms with Crippen molar-refractivity contribution < 1.29 is 9.18 Å². The first-order chi connectivity index (χ1) is 14.0. The number of nitrogen functional groups attached to an aromatic ring is 1. The molecule has 0 unspecified atom stereocenters. The molecule has 154 valence electrons. The van der Waals surface area contributed by atoms with Gasteiger partial charge in [0.25, 0.3) is 5.91 Å². The molecular weight excluding hydrogens is 369 g/mol. The summed E-state index contributed by atoms with van der Waals surface area (Å²) in [4.78, 5) is 20.4. The first-order valence-corrected chi connectivity index (χ1v) is 10.3. The van der Waals surface area contributed by atoms with Crippen LogP contribution in [0.15, 0.2) is 30.5 Å². The lowest BCUT2D eigenvalue weighted by Gasteiger charge is -2.36. The second-order valence-corrected chi connectivity index (χ2v) is 8.08. The number of nitrogens with two attached hydrogens (primary N) is 2. The topological polar surface area (TPSA) is 88.5 Å². The zero-order chi connectivity index (χ0) is 20.4. The maximum Gasteiger partial charge on any atom is 0.252 e. The van der Waals surface area contributed by atoms with Gasteiger partial charge >= 0.3 is 0 Å². The molecule has 1 aromatic carbocycles. The van der Waals surface area contributed by atoms with Crippen molar-refractivity contribution in [3.8, 4) is 11.1 Å². The molecule has 7 heteroatoms. The number of piperidine rings is 1. The molecule has 2 saturated heterocycles. The normalized spacial score (nSPS) is 18.9. The van der Waals surface area contributed by atoms with Crippen LogP contribution < -0.4 is 11.5 Å². The fraction of sp³-hybridized carbons (Fsp3) is 0.455. The van der Waals surface area contributed by atoms with Gasteiger partial charge in [0.05, 0.1) is 5.56 Å². The van der Waals surface area contributed by atoms with E-state index < -0.39 is 5.91 Å². The van der Waals surface area contributed by atoms with Crippen LogP contribution in [-0.2, 0) is 6.54 Å². The molecule has 0 aliphatic carbocycles. The van der Waals surface area contributed by atoms with Gasteiger partial charge in [-0.2, -0.15) is 0 Å². The number of anilines is 1. The van der Waals surface area contributed by atoms with Crippen LogP contribution in [-0.4, -0.2) is 52.9 Å². The van der Waals surface area contributed by atoms with Crippen molar-refractivity contribution in [2.24, 2.45) is 5.73 Å². The maximum absolute atomic E-state index is 14.8. The smallest absolute Gasteiger partial charge is 0.252 e. The predicted molar refractivity (Wildman–Crippen MR) is 112 cm³/mol. The molecular formula is C22H28FN5O. The average Bonchev–Trinajstić information content (AvgIpc) is 3.25. The summed E-state index contributed by atoms with van der Waals surface area (Å²) >= 11 is 0. The number of carbonyl (C=O) groups is 1. The Balaban J connectivity index is 1.42. The maximum atomic E-state index is 14.8. The van der Waals surface area contributed by atoms with Crippen LogP contribution in [0.3, 0.4) is 0 Å². The van der Waals surface area contributed by atoms with Gasteiger partial charge in [-0.3, -0.25) is 9.69 Å². The molecule has 0 saturated carbocycles.